The zero-order valence-electron chi connectivity index (χ0n) is 18.2. The van der Waals surface area contributed by atoms with Gasteiger partial charge in [0.2, 0.25) is 0 Å². The molecule has 26 heavy (non-hydrogen) atoms. The van der Waals surface area contributed by atoms with Crippen LogP contribution in [-0.2, 0) is 18.9 Å². The van der Waals surface area contributed by atoms with Crippen LogP contribution in [0.1, 0.15) is 61.8 Å². The largest absolute Gasteiger partial charge is 0.467 e. The summed E-state index contributed by atoms with van der Waals surface area (Å²) in [6.07, 6.45) is 6.67. The van der Waals surface area contributed by atoms with E-state index >= 15 is 0 Å². The molecule has 0 fully saturated rings. The van der Waals surface area contributed by atoms with E-state index in [0.717, 1.165) is 12.2 Å². The third-order valence-corrected chi connectivity index (χ3v) is 4.93. The summed E-state index contributed by atoms with van der Waals surface area (Å²) in [5.74, 6) is 2.32. The van der Waals surface area contributed by atoms with E-state index in [4.69, 9.17) is 18.9 Å². The highest BCUT2D eigenvalue weighted by atomic mass is 16.7. The highest BCUT2D eigenvalue weighted by Gasteiger charge is 2.35. The van der Waals surface area contributed by atoms with E-state index in [1.165, 1.54) is 0 Å². The Labute approximate surface area is 160 Å². The SMILES string of the molecule is CCOC(C)OC1=CC(C(C(C)C)C(C)(C)C)CC=CC1OC(C)OC. The van der Waals surface area contributed by atoms with Crippen LogP contribution in [0.25, 0.3) is 0 Å². The Hall–Kier alpha value is -0.840. The predicted octanol–water partition coefficient (Wildman–Crippen LogP) is 5.54. The van der Waals surface area contributed by atoms with Gasteiger partial charge in [-0.3, -0.25) is 0 Å². The van der Waals surface area contributed by atoms with Crippen molar-refractivity contribution in [1.29, 1.82) is 0 Å². The number of hydrogen-bond acceptors (Lipinski definition) is 4. The smallest absolute Gasteiger partial charge is 0.196 e. The Bertz CT molecular complexity index is 461. The molecule has 0 saturated carbocycles. The standard InChI is InChI=1S/C22H40O4/c1-10-24-17(5)26-20-14-18(21(15(2)3)22(6,7)8)12-11-13-19(20)25-16(4)23-9/h11,13-19,21H,10,12H2,1-9H3. The monoisotopic (exact) mass is 368 g/mol. The van der Waals surface area contributed by atoms with Crippen molar-refractivity contribution in [2.45, 2.75) is 80.5 Å². The van der Waals surface area contributed by atoms with E-state index in [1.54, 1.807) is 7.11 Å². The Kier molecular flexibility index (Phi) is 9.35. The number of allylic oxidation sites excluding steroid dienone is 2. The van der Waals surface area contributed by atoms with Gasteiger partial charge < -0.3 is 18.9 Å². The van der Waals surface area contributed by atoms with Crippen molar-refractivity contribution in [3.63, 3.8) is 0 Å². The minimum atomic E-state index is -0.311. The molecule has 0 heterocycles. The van der Waals surface area contributed by atoms with E-state index in [0.29, 0.717) is 24.4 Å². The van der Waals surface area contributed by atoms with Gasteiger partial charge in [-0.15, -0.1) is 0 Å². The van der Waals surface area contributed by atoms with Gasteiger partial charge in [-0.25, -0.2) is 0 Å². The molecule has 0 aromatic heterocycles. The first-order valence-electron chi connectivity index (χ1n) is 9.95. The van der Waals surface area contributed by atoms with E-state index in [1.807, 2.05) is 20.8 Å². The van der Waals surface area contributed by atoms with Gasteiger partial charge in [0.05, 0.1) is 0 Å². The first-order chi connectivity index (χ1) is 12.1. The van der Waals surface area contributed by atoms with Crippen molar-refractivity contribution >= 4 is 0 Å². The molecule has 1 aliphatic carbocycles. The lowest BCUT2D eigenvalue weighted by Crippen LogP contribution is -2.32. The number of ether oxygens (including phenoxy) is 4. The van der Waals surface area contributed by atoms with E-state index in [2.05, 4.69) is 52.8 Å². The molecular weight excluding hydrogens is 328 g/mol. The summed E-state index contributed by atoms with van der Waals surface area (Å²) >= 11 is 0. The maximum absolute atomic E-state index is 6.15. The van der Waals surface area contributed by atoms with Crippen LogP contribution < -0.4 is 0 Å². The molecule has 1 aliphatic rings. The highest BCUT2D eigenvalue weighted by molar-refractivity contribution is 5.17. The molecule has 0 aromatic rings. The lowest BCUT2D eigenvalue weighted by molar-refractivity contribution is -0.154. The molecule has 0 aromatic carbocycles. The number of methoxy groups -OCH3 is 1. The van der Waals surface area contributed by atoms with Gasteiger partial charge in [0.25, 0.3) is 0 Å². The Morgan fingerprint density at radius 1 is 1.12 bits per heavy atom. The van der Waals surface area contributed by atoms with Crippen LogP contribution in [0.15, 0.2) is 24.0 Å². The minimum absolute atomic E-state index is 0.209. The Balaban J connectivity index is 3.17. The van der Waals surface area contributed by atoms with E-state index in [-0.39, 0.29) is 24.1 Å². The van der Waals surface area contributed by atoms with Gasteiger partial charge in [-0.2, -0.15) is 0 Å². The summed E-state index contributed by atoms with van der Waals surface area (Å²) in [7, 11) is 1.65. The third kappa shape index (κ3) is 7.05. The van der Waals surface area contributed by atoms with Crippen molar-refractivity contribution in [2.75, 3.05) is 13.7 Å². The van der Waals surface area contributed by atoms with Crippen LogP contribution >= 0.6 is 0 Å². The van der Waals surface area contributed by atoms with Crippen LogP contribution in [0.4, 0.5) is 0 Å². The molecular formula is C22H40O4. The summed E-state index contributed by atoms with van der Waals surface area (Å²) in [6, 6.07) is 0. The quantitative estimate of drug-likeness (QED) is 0.395. The second-order valence-electron chi connectivity index (χ2n) is 8.53. The summed E-state index contributed by atoms with van der Waals surface area (Å²) in [4.78, 5) is 0. The Morgan fingerprint density at radius 2 is 1.77 bits per heavy atom. The van der Waals surface area contributed by atoms with Crippen LogP contribution in [-0.4, -0.2) is 32.4 Å². The lowest BCUT2D eigenvalue weighted by atomic mass is 9.66. The fraction of sp³-hybridized carbons (Fsp3) is 0.818. The van der Waals surface area contributed by atoms with Crippen molar-refractivity contribution in [1.82, 2.24) is 0 Å². The van der Waals surface area contributed by atoms with Gasteiger partial charge in [0.1, 0.15) is 11.9 Å². The Morgan fingerprint density at radius 3 is 2.27 bits per heavy atom. The molecule has 5 atom stereocenters. The molecule has 0 amide bonds. The average molecular weight is 369 g/mol. The lowest BCUT2D eigenvalue weighted by Gasteiger charge is -2.39. The minimum Gasteiger partial charge on any atom is -0.467 e. The van der Waals surface area contributed by atoms with Crippen molar-refractivity contribution in [3.8, 4) is 0 Å². The maximum Gasteiger partial charge on any atom is 0.196 e. The first-order valence-corrected chi connectivity index (χ1v) is 9.95. The summed E-state index contributed by atoms with van der Waals surface area (Å²) in [5.41, 5.74) is 0.209. The predicted molar refractivity (Wildman–Crippen MR) is 107 cm³/mol. The molecule has 0 aliphatic heterocycles. The molecule has 4 nitrogen and oxygen atoms in total. The zero-order chi connectivity index (χ0) is 19.9. The van der Waals surface area contributed by atoms with Crippen LogP contribution in [0, 0.1) is 23.2 Å². The molecule has 0 spiro atoms. The molecule has 5 unspecified atom stereocenters. The van der Waals surface area contributed by atoms with Gasteiger partial charge >= 0.3 is 0 Å². The second kappa shape index (κ2) is 10.5. The summed E-state index contributed by atoms with van der Waals surface area (Å²) in [5, 5.41) is 0. The van der Waals surface area contributed by atoms with Crippen LogP contribution in [0.5, 0.6) is 0 Å². The molecule has 0 N–H and O–H groups in total. The normalized spacial score (nSPS) is 24.8. The fourth-order valence-corrected chi connectivity index (χ4v) is 4.16. The zero-order valence-corrected chi connectivity index (χ0v) is 18.2. The maximum atomic E-state index is 6.15. The van der Waals surface area contributed by atoms with Gasteiger partial charge in [-0.05, 0) is 56.4 Å². The first kappa shape index (κ1) is 23.2. The number of rotatable bonds is 9. The van der Waals surface area contributed by atoms with Gasteiger partial charge in [-0.1, -0.05) is 46.8 Å². The molecule has 0 bridgehead atoms. The third-order valence-electron chi connectivity index (χ3n) is 4.93. The average Bonchev–Trinajstić information content (AvgIpc) is 2.68. The summed E-state index contributed by atoms with van der Waals surface area (Å²) in [6.45, 7) is 18.0. The topological polar surface area (TPSA) is 36.9 Å². The van der Waals surface area contributed by atoms with Crippen molar-refractivity contribution in [3.05, 3.63) is 24.0 Å². The molecule has 152 valence electrons. The van der Waals surface area contributed by atoms with Crippen molar-refractivity contribution in [2.24, 2.45) is 23.2 Å². The highest BCUT2D eigenvalue weighted by Crippen LogP contribution is 2.41. The second-order valence-corrected chi connectivity index (χ2v) is 8.53. The van der Waals surface area contributed by atoms with Gasteiger partial charge in [0, 0.05) is 13.7 Å². The molecule has 0 radical (unpaired) electrons. The molecule has 4 heteroatoms. The van der Waals surface area contributed by atoms with Crippen LogP contribution in [0.2, 0.25) is 0 Å². The van der Waals surface area contributed by atoms with Gasteiger partial charge in [0.15, 0.2) is 12.6 Å². The number of hydrogen-bond donors (Lipinski definition) is 0. The molecule has 0 saturated heterocycles. The summed E-state index contributed by atoms with van der Waals surface area (Å²) < 4.78 is 23.1. The van der Waals surface area contributed by atoms with E-state index in [9.17, 15) is 0 Å². The van der Waals surface area contributed by atoms with E-state index < -0.39 is 0 Å². The van der Waals surface area contributed by atoms with Crippen LogP contribution in [0.3, 0.4) is 0 Å². The van der Waals surface area contributed by atoms with Crippen molar-refractivity contribution < 1.29 is 18.9 Å². The molecule has 1 rings (SSSR count). The fourth-order valence-electron chi connectivity index (χ4n) is 4.16.